The molecule has 0 N–H and O–H groups in total. The van der Waals surface area contributed by atoms with Gasteiger partial charge in [0.1, 0.15) is 5.75 Å². The highest BCUT2D eigenvalue weighted by Gasteiger charge is 2.26. The van der Waals surface area contributed by atoms with Crippen molar-refractivity contribution >= 4 is 28.9 Å². The second-order valence-corrected chi connectivity index (χ2v) is 9.01. The molecule has 1 aromatic carbocycles. The summed E-state index contributed by atoms with van der Waals surface area (Å²) in [7, 11) is 1.65. The highest BCUT2D eigenvalue weighted by Crippen LogP contribution is 2.33. The van der Waals surface area contributed by atoms with Crippen molar-refractivity contribution < 1.29 is 19.1 Å². The molecule has 0 bridgehead atoms. The van der Waals surface area contributed by atoms with Crippen LogP contribution in [0.5, 0.6) is 5.75 Å². The molecule has 1 aliphatic heterocycles. The summed E-state index contributed by atoms with van der Waals surface area (Å²) in [6.45, 7) is 4.79. The molecular weight excluding hydrogens is 400 g/mol. The molecule has 0 saturated carbocycles. The first-order valence-electron chi connectivity index (χ1n) is 10.5. The summed E-state index contributed by atoms with van der Waals surface area (Å²) >= 11 is 1.64. The van der Waals surface area contributed by atoms with Crippen LogP contribution in [0.3, 0.4) is 0 Å². The first kappa shape index (κ1) is 20.7. The molecule has 1 unspecified atom stereocenters. The number of fused-ring (bicyclic) bond motifs is 1. The third-order valence-electron chi connectivity index (χ3n) is 6.02. The summed E-state index contributed by atoms with van der Waals surface area (Å²) in [6.07, 6.45) is 3.05. The average Bonchev–Trinajstić information content (AvgIpc) is 3.20. The van der Waals surface area contributed by atoms with E-state index in [2.05, 4.69) is 11.8 Å². The monoisotopic (exact) mass is 428 g/mol. The van der Waals surface area contributed by atoms with Gasteiger partial charge in [0, 0.05) is 42.1 Å². The minimum atomic E-state index is -0.368. The molecule has 7 heteroatoms. The normalized spacial score (nSPS) is 18.7. The average molecular weight is 429 g/mol. The smallest absolute Gasteiger partial charge is 0.339 e. The highest BCUT2D eigenvalue weighted by molar-refractivity contribution is 7.10. The SMILES string of the molecule is COc1ccc(N2CCN(C(=O)COC(=O)c3csc4c3CCC(C)C4)CC2)cc1. The number of thiophene rings is 1. The van der Waals surface area contributed by atoms with Gasteiger partial charge in [-0.25, -0.2) is 4.79 Å². The fraction of sp³-hybridized carbons (Fsp3) is 0.478. The van der Waals surface area contributed by atoms with Crippen LogP contribution in [0.4, 0.5) is 5.69 Å². The Morgan fingerprint density at radius 3 is 2.57 bits per heavy atom. The Kier molecular flexibility index (Phi) is 6.27. The number of carbonyl (C=O) groups is 2. The lowest BCUT2D eigenvalue weighted by Crippen LogP contribution is -2.49. The number of piperazine rings is 1. The maximum Gasteiger partial charge on any atom is 0.339 e. The van der Waals surface area contributed by atoms with Gasteiger partial charge in [0.2, 0.25) is 0 Å². The lowest BCUT2D eigenvalue weighted by atomic mass is 9.88. The Bertz CT molecular complexity index is 900. The minimum Gasteiger partial charge on any atom is -0.497 e. The van der Waals surface area contributed by atoms with Crippen LogP contribution < -0.4 is 9.64 Å². The summed E-state index contributed by atoms with van der Waals surface area (Å²) in [6, 6.07) is 7.94. The lowest BCUT2D eigenvalue weighted by molar-refractivity contribution is -0.134. The standard InChI is InChI=1S/C23H28N2O4S/c1-16-3-8-19-20(15-30-21(19)13-16)23(27)29-14-22(26)25-11-9-24(10-12-25)17-4-6-18(28-2)7-5-17/h4-7,15-16H,3,8-14H2,1-2H3. The van der Waals surface area contributed by atoms with E-state index >= 15 is 0 Å². The summed E-state index contributed by atoms with van der Waals surface area (Å²) in [5.74, 6) is 0.997. The van der Waals surface area contributed by atoms with Crippen LogP contribution in [0, 0.1) is 5.92 Å². The molecule has 1 aromatic heterocycles. The molecule has 2 aromatic rings. The van der Waals surface area contributed by atoms with Crippen molar-refractivity contribution in [2.24, 2.45) is 5.92 Å². The van der Waals surface area contributed by atoms with Crippen molar-refractivity contribution in [2.45, 2.75) is 26.2 Å². The first-order chi connectivity index (χ1) is 14.5. The Morgan fingerprint density at radius 1 is 1.13 bits per heavy atom. The number of methoxy groups -OCH3 is 1. The van der Waals surface area contributed by atoms with Crippen molar-refractivity contribution in [1.29, 1.82) is 0 Å². The number of hydrogen-bond donors (Lipinski definition) is 0. The zero-order chi connectivity index (χ0) is 21.1. The van der Waals surface area contributed by atoms with Gasteiger partial charge < -0.3 is 19.3 Å². The van der Waals surface area contributed by atoms with Gasteiger partial charge in [0.25, 0.3) is 5.91 Å². The van der Waals surface area contributed by atoms with Crippen LogP contribution in [0.25, 0.3) is 0 Å². The van der Waals surface area contributed by atoms with E-state index in [-0.39, 0.29) is 18.5 Å². The van der Waals surface area contributed by atoms with Gasteiger partial charge in [-0.3, -0.25) is 4.79 Å². The van der Waals surface area contributed by atoms with E-state index in [4.69, 9.17) is 9.47 Å². The van der Waals surface area contributed by atoms with Crippen LogP contribution in [0.1, 0.15) is 34.1 Å². The second-order valence-electron chi connectivity index (χ2n) is 8.04. The quantitative estimate of drug-likeness (QED) is 0.684. The van der Waals surface area contributed by atoms with Gasteiger partial charge >= 0.3 is 5.97 Å². The van der Waals surface area contributed by atoms with Gasteiger partial charge in [-0.1, -0.05) is 6.92 Å². The number of hydrogen-bond acceptors (Lipinski definition) is 6. The van der Waals surface area contributed by atoms with Gasteiger partial charge in [-0.15, -0.1) is 11.3 Å². The molecule has 1 atom stereocenters. The van der Waals surface area contributed by atoms with Gasteiger partial charge in [-0.2, -0.15) is 0 Å². The molecule has 1 amide bonds. The van der Waals surface area contributed by atoms with Gasteiger partial charge in [0.05, 0.1) is 12.7 Å². The van der Waals surface area contributed by atoms with Crippen LogP contribution >= 0.6 is 11.3 Å². The topological polar surface area (TPSA) is 59.1 Å². The molecule has 0 radical (unpaired) electrons. The van der Waals surface area contributed by atoms with E-state index in [1.807, 2.05) is 29.6 Å². The van der Waals surface area contributed by atoms with Gasteiger partial charge in [-0.05, 0) is 55.0 Å². The number of nitrogens with zero attached hydrogens (tertiary/aromatic N) is 2. The molecule has 0 spiro atoms. The molecule has 6 nitrogen and oxygen atoms in total. The van der Waals surface area contributed by atoms with E-state index in [1.165, 1.54) is 4.88 Å². The summed E-state index contributed by atoms with van der Waals surface area (Å²) in [5.41, 5.74) is 2.90. The molecule has 1 saturated heterocycles. The zero-order valence-corrected chi connectivity index (χ0v) is 18.4. The number of esters is 1. The van der Waals surface area contributed by atoms with Crippen LogP contribution in [0.2, 0.25) is 0 Å². The van der Waals surface area contributed by atoms with Crippen molar-refractivity contribution in [1.82, 2.24) is 4.90 Å². The fourth-order valence-electron chi connectivity index (χ4n) is 4.15. The predicted octanol–water partition coefficient (Wildman–Crippen LogP) is 3.39. The number of ether oxygens (including phenoxy) is 2. The second kappa shape index (κ2) is 9.08. The van der Waals surface area contributed by atoms with Gasteiger partial charge in [0.15, 0.2) is 6.61 Å². The number of rotatable bonds is 5. The zero-order valence-electron chi connectivity index (χ0n) is 17.6. The molecule has 30 heavy (non-hydrogen) atoms. The Hall–Kier alpha value is -2.54. The Labute approximate surface area is 181 Å². The summed E-state index contributed by atoms with van der Waals surface area (Å²) in [5, 5.41) is 1.89. The van der Waals surface area contributed by atoms with Crippen molar-refractivity contribution in [3.05, 3.63) is 45.6 Å². The maximum absolute atomic E-state index is 12.5. The minimum absolute atomic E-state index is 0.129. The summed E-state index contributed by atoms with van der Waals surface area (Å²) < 4.78 is 10.6. The predicted molar refractivity (Wildman–Crippen MR) is 118 cm³/mol. The third-order valence-corrected chi connectivity index (χ3v) is 7.07. The third kappa shape index (κ3) is 4.46. The van der Waals surface area contributed by atoms with E-state index in [1.54, 1.807) is 23.3 Å². The van der Waals surface area contributed by atoms with E-state index in [9.17, 15) is 9.59 Å². The van der Waals surface area contributed by atoms with E-state index < -0.39 is 0 Å². The largest absolute Gasteiger partial charge is 0.497 e. The molecule has 1 fully saturated rings. The van der Waals surface area contributed by atoms with Crippen LogP contribution in [0.15, 0.2) is 29.6 Å². The molecule has 160 valence electrons. The Morgan fingerprint density at radius 2 is 1.87 bits per heavy atom. The number of benzene rings is 1. The van der Waals surface area contributed by atoms with Crippen molar-refractivity contribution in [3.63, 3.8) is 0 Å². The highest BCUT2D eigenvalue weighted by atomic mass is 32.1. The van der Waals surface area contributed by atoms with Crippen molar-refractivity contribution in [3.8, 4) is 5.75 Å². The Balaban J connectivity index is 1.26. The van der Waals surface area contributed by atoms with E-state index in [0.29, 0.717) is 24.6 Å². The first-order valence-corrected chi connectivity index (χ1v) is 11.4. The number of amides is 1. The van der Waals surface area contributed by atoms with Crippen LogP contribution in [-0.4, -0.2) is 56.7 Å². The molecule has 1 aliphatic carbocycles. The molecular formula is C23H28N2O4S. The molecule has 4 rings (SSSR count). The lowest BCUT2D eigenvalue weighted by Gasteiger charge is -2.36. The van der Waals surface area contributed by atoms with Crippen molar-refractivity contribution in [2.75, 3.05) is 44.8 Å². The summed E-state index contributed by atoms with van der Waals surface area (Å²) in [4.78, 5) is 30.4. The molecule has 2 heterocycles. The number of anilines is 1. The van der Waals surface area contributed by atoms with E-state index in [0.717, 1.165) is 49.4 Å². The number of carbonyl (C=O) groups excluding carboxylic acids is 2. The molecule has 2 aliphatic rings. The van der Waals surface area contributed by atoms with Crippen LogP contribution in [-0.2, 0) is 22.4 Å². The fourth-order valence-corrected chi connectivity index (χ4v) is 5.39. The maximum atomic E-state index is 12.5.